The molecule has 0 spiro atoms. The van der Waals surface area contributed by atoms with E-state index in [1.165, 1.54) is 0 Å². The zero-order valence-electron chi connectivity index (χ0n) is 39.8. The molecule has 8 aromatic rings. The Labute approximate surface area is 417 Å². The third kappa shape index (κ3) is 11.8. The van der Waals surface area contributed by atoms with Crippen LogP contribution in [0.25, 0.3) is 0 Å². The van der Waals surface area contributed by atoms with Gasteiger partial charge in [0.2, 0.25) is 0 Å². The van der Waals surface area contributed by atoms with E-state index in [9.17, 15) is 20.1 Å². The molecule has 14 heteroatoms. The van der Waals surface area contributed by atoms with Gasteiger partial charge in [0.05, 0.1) is 45.5 Å². The monoisotopic (exact) mass is 953 g/mol. The quantitative estimate of drug-likeness (QED) is 0.0968. The van der Waals surface area contributed by atoms with Gasteiger partial charge in [-0.25, -0.2) is 0 Å². The highest BCUT2D eigenvalue weighted by atomic mass is 16.5. The van der Waals surface area contributed by atoms with Gasteiger partial charge in [-0.15, -0.1) is 0 Å². The van der Waals surface area contributed by atoms with Crippen LogP contribution in [-0.2, 0) is 30.5 Å². The first-order chi connectivity index (χ1) is 35.2. The fraction of sp³-hybridized carbons (Fsp3) is 0.155. The Morgan fingerprint density at radius 3 is 0.889 bits per heavy atom. The number of nitrogens with zero attached hydrogens (tertiary/aromatic N) is 9. The van der Waals surface area contributed by atoms with Crippen molar-refractivity contribution in [2.24, 2.45) is 40.9 Å². The highest BCUT2D eigenvalue weighted by molar-refractivity contribution is 5.78. The van der Waals surface area contributed by atoms with Crippen LogP contribution in [0.5, 0.6) is 23.0 Å². The van der Waals surface area contributed by atoms with Crippen molar-refractivity contribution in [3.63, 3.8) is 0 Å². The molecule has 358 valence electrons. The van der Waals surface area contributed by atoms with Gasteiger partial charge >= 0.3 is 0 Å². The molecule has 9 rings (SSSR count). The number of hydrogen-bond acceptors (Lipinski definition) is 13. The van der Waals surface area contributed by atoms with Gasteiger partial charge in [-0.1, -0.05) is 72.8 Å². The van der Waals surface area contributed by atoms with Crippen molar-refractivity contribution in [2.45, 2.75) is 39.5 Å². The van der Waals surface area contributed by atoms with Gasteiger partial charge in [0, 0.05) is 83.3 Å². The van der Waals surface area contributed by atoms with E-state index in [4.69, 9.17) is 9.85 Å². The first-order valence-corrected chi connectivity index (χ1v) is 23.7. The Bertz CT molecular complexity index is 3170. The van der Waals surface area contributed by atoms with Crippen LogP contribution in [0, 0.1) is 0 Å². The topological polar surface area (TPSA) is 189 Å². The molecule has 8 bridgehead atoms. The predicted octanol–water partition coefficient (Wildman–Crippen LogP) is 15.4. The van der Waals surface area contributed by atoms with Crippen LogP contribution >= 0.6 is 0 Å². The molecule has 0 saturated heterocycles. The summed E-state index contributed by atoms with van der Waals surface area (Å²) in [7, 11) is 0. The molecule has 0 saturated carbocycles. The van der Waals surface area contributed by atoms with E-state index in [2.05, 4.69) is 35.8 Å². The number of aromatic hydroxyl groups is 3. The fourth-order valence-corrected chi connectivity index (χ4v) is 8.51. The summed E-state index contributed by atoms with van der Waals surface area (Å²) in [5, 5.41) is 73.8. The zero-order chi connectivity index (χ0) is 49.8. The van der Waals surface area contributed by atoms with E-state index in [0.717, 1.165) is 0 Å². The molecule has 3 N–H and O–H groups in total. The predicted molar refractivity (Wildman–Crippen MR) is 278 cm³/mol. The fourth-order valence-electron chi connectivity index (χ4n) is 8.51. The Hall–Kier alpha value is -9.17. The highest BCUT2D eigenvalue weighted by Crippen LogP contribution is 2.43. The van der Waals surface area contributed by atoms with Crippen molar-refractivity contribution >= 4 is 51.4 Å². The molecule has 14 nitrogen and oxygen atoms in total. The van der Waals surface area contributed by atoms with Crippen molar-refractivity contribution < 1.29 is 24.9 Å². The van der Waals surface area contributed by atoms with Gasteiger partial charge in [0.1, 0.15) is 23.0 Å². The summed E-state index contributed by atoms with van der Waals surface area (Å²) in [5.41, 5.74) is 8.12. The van der Waals surface area contributed by atoms with Crippen LogP contribution in [-0.4, -0.2) is 45.8 Å². The summed E-state index contributed by atoms with van der Waals surface area (Å²) in [4.78, 5) is 15.4. The van der Waals surface area contributed by atoms with Crippen molar-refractivity contribution in [1.29, 1.82) is 0 Å². The minimum absolute atomic E-state index is 0.0297. The third-order valence-corrected chi connectivity index (χ3v) is 12.1. The zero-order valence-corrected chi connectivity index (χ0v) is 39.8. The summed E-state index contributed by atoms with van der Waals surface area (Å²) in [6, 6.07) is 51.4. The van der Waals surface area contributed by atoms with Crippen molar-refractivity contribution in [3.05, 3.63) is 214 Å². The molecular formula is C58H51N9O5. The second-order valence-electron chi connectivity index (χ2n) is 17.1. The lowest BCUT2D eigenvalue weighted by molar-refractivity contribution is -0.133. The molecule has 0 fully saturated rings. The maximum atomic E-state index is 13.7. The average molecular weight is 954 g/mol. The molecule has 1 aliphatic rings. The van der Waals surface area contributed by atoms with Crippen LogP contribution in [0.4, 0.5) is 45.5 Å². The first-order valence-electron chi connectivity index (χ1n) is 23.7. The van der Waals surface area contributed by atoms with E-state index in [1.54, 1.807) is 41.3 Å². The Morgan fingerprint density at radius 1 is 0.389 bits per heavy atom. The van der Waals surface area contributed by atoms with Crippen molar-refractivity contribution in [1.82, 2.24) is 4.90 Å². The number of phenolic OH excluding ortho intramolecular Hbond substituents is 3. The van der Waals surface area contributed by atoms with Crippen LogP contribution in [0.2, 0.25) is 0 Å². The molecule has 0 atom stereocenters. The van der Waals surface area contributed by atoms with Gasteiger partial charge in [0.15, 0.2) is 6.61 Å². The second-order valence-corrected chi connectivity index (χ2v) is 17.1. The van der Waals surface area contributed by atoms with Gasteiger partial charge < -0.3 is 25.0 Å². The summed E-state index contributed by atoms with van der Waals surface area (Å²) in [6.45, 7) is 4.53. The maximum absolute atomic E-state index is 13.7. The molecule has 0 unspecified atom stereocenters. The van der Waals surface area contributed by atoms with E-state index in [-0.39, 0.29) is 55.4 Å². The van der Waals surface area contributed by atoms with Crippen LogP contribution in [0.15, 0.2) is 211 Å². The third-order valence-electron chi connectivity index (χ3n) is 12.1. The number of rotatable bonds is 13. The van der Waals surface area contributed by atoms with Crippen molar-refractivity contribution in [2.75, 3.05) is 19.7 Å². The van der Waals surface area contributed by atoms with Gasteiger partial charge in [-0.3, -0.25) is 4.79 Å². The number of hydrogen-bond donors (Lipinski definition) is 3. The molecule has 1 aliphatic carbocycles. The molecule has 72 heavy (non-hydrogen) atoms. The molecule has 0 aliphatic heterocycles. The number of carbonyl (C=O) groups excluding carboxylic acids is 1. The standard InChI is InChI=1S/C58H51N9O5/c1-3-67(4-2)54(68)37-72-58-44-27-42-33-51(64-60-47-19-11-6-12-20-47)31-40(56(42)70)25-38-29-50(63-59-46-17-9-5-10-18-46)30-39(55(38)69)26-41-32-52(65-61-48-21-13-7-14-22-48)34-43(57(41)71)28-45(58)36-53(35-44)66-62-49-23-15-8-16-24-49/h5-24,29-36,69-71H,3-4,25-28,37H2,1-2H3. The number of amides is 1. The summed E-state index contributed by atoms with van der Waals surface area (Å²) in [6.07, 6.45) is 0.189. The van der Waals surface area contributed by atoms with E-state index < -0.39 is 0 Å². The van der Waals surface area contributed by atoms with E-state index >= 15 is 0 Å². The van der Waals surface area contributed by atoms with Gasteiger partial charge in [-0.2, -0.15) is 40.9 Å². The number of carbonyl (C=O) groups is 1. The van der Waals surface area contributed by atoms with Gasteiger partial charge in [0.25, 0.3) is 5.91 Å². The summed E-state index contributed by atoms with van der Waals surface area (Å²) in [5.74, 6) is 0.0154. The Kier molecular flexibility index (Phi) is 15.0. The lowest BCUT2D eigenvalue weighted by Crippen LogP contribution is -2.34. The van der Waals surface area contributed by atoms with Crippen LogP contribution < -0.4 is 4.74 Å². The normalized spacial score (nSPS) is 12.5. The smallest absolute Gasteiger partial charge is 0.260 e. The Morgan fingerprint density at radius 2 is 0.625 bits per heavy atom. The number of phenols is 3. The van der Waals surface area contributed by atoms with Crippen LogP contribution in [0.1, 0.15) is 58.4 Å². The first kappa shape index (κ1) is 47.9. The second kappa shape index (κ2) is 22.5. The van der Waals surface area contributed by atoms with E-state index in [0.29, 0.717) is 109 Å². The molecule has 8 aromatic carbocycles. The number of azo groups is 4. The van der Waals surface area contributed by atoms with Crippen molar-refractivity contribution in [3.8, 4) is 23.0 Å². The number of benzene rings is 8. The molecule has 0 radical (unpaired) electrons. The summed E-state index contributed by atoms with van der Waals surface area (Å²) < 4.78 is 6.63. The number of likely N-dealkylation sites (N-methyl/N-ethyl adjacent to an activating group) is 1. The Balaban J connectivity index is 1.28. The molecule has 0 aromatic heterocycles. The van der Waals surface area contributed by atoms with Gasteiger partial charge in [-0.05, 0) is 111 Å². The number of ether oxygens (including phenoxy) is 1. The largest absolute Gasteiger partial charge is 0.507 e. The summed E-state index contributed by atoms with van der Waals surface area (Å²) >= 11 is 0. The average Bonchev–Trinajstić information content (AvgIpc) is 3.40. The SMILES string of the molecule is CCN(CC)C(=O)COc1c2cc(N=Nc3ccccc3)cc1Cc1cc(N=Nc3ccccc3)cc(c1O)Cc1cc(N=Nc3ccccc3)cc(c1O)Cc1cc(N=Nc3ccccc3)cc(c1O)C2. The number of fused-ring (bicyclic) bond motifs is 8. The van der Waals surface area contributed by atoms with Crippen LogP contribution in [0.3, 0.4) is 0 Å². The van der Waals surface area contributed by atoms with E-state index in [1.807, 2.05) is 147 Å². The molecule has 1 amide bonds. The lowest BCUT2D eigenvalue weighted by atomic mass is 9.90. The maximum Gasteiger partial charge on any atom is 0.260 e. The highest BCUT2D eigenvalue weighted by Gasteiger charge is 2.24. The molecular weight excluding hydrogens is 903 g/mol. The lowest BCUT2D eigenvalue weighted by Gasteiger charge is -2.22. The molecule has 0 heterocycles. The minimum Gasteiger partial charge on any atom is -0.507 e. The minimum atomic E-state index is -0.282.